The summed E-state index contributed by atoms with van der Waals surface area (Å²) in [6.45, 7) is 6.27. The van der Waals surface area contributed by atoms with Crippen LogP contribution < -0.4 is 16.5 Å². The summed E-state index contributed by atoms with van der Waals surface area (Å²) in [5.41, 5.74) is 10.5. The predicted molar refractivity (Wildman–Crippen MR) is 106 cm³/mol. The van der Waals surface area contributed by atoms with Gasteiger partial charge in [0, 0.05) is 13.1 Å². The van der Waals surface area contributed by atoms with Gasteiger partial charge in [0.15, 0.2) is 11.2 Å². The quantitative estimate of drug-likeness (QED) is 0.562. The van der Waals surface area contributed by atoms with Gasteiger partial charge in [0.1, 0.15) is 0 Å². The predicted octanol–water partition coefficient (Wildman–Crippen LogP) is 2.41. The highest BCUT2D eigenvalue weighted by molar-refractivity contribution is 5.92. The second-order valence-corrected chi connectivity index (χ2v) is 6.77. The fourth-order valence-electron chi connectivity index (χ4n) is 3.11. The monoisotopic (exact) mass is 363 g/mol. The zero-order valence-corrected chi connectivity index (χ0v) is 15.7. The van der Waals surface area contributed by atoms with Crippen LogP contribution in [-0.2, 0) is 13.1 Å². The average Bonchev–Trinajstić information content (AvgIpc) is 2.65. The molecular weight excluding hydrogens is 338 g/mol. The van der Waals surface area contributed by atoms with Crippen molar-refractivity contribution in [2.24, 2.45) is 5.73 Å². The lowest BCUT2D eigenvalue weighted by atomic mass is 10.1. The SMILES string of the molecule is Cc1cc2nc(C(N)=O)c(=N)n(CCCNCc3ccccc3)c2cc1C. The maximum atomic E-state index is 11.7. The van der Waals surface area contributed by atoms with Crippen LogP contribution in [0, 0.1) is 19.3 Å². The maximum Gasteiger partial charge on any atom is 0.271 e. The molecule has 2 aromatic carbocycles. The number of amides is 1. The van der Waals surface area contributed by atoms with Gasteiger partial charge in [0.25, 0.3) is 5.91 Å². The van der Waals surface area contributed by atoms with Crippen LogP contribution in [0.5, 0.6) is 0 Å². The fourth-order valence-corrected chi connectivity index (χ4v) is 3.11. The van der Waals surface area contributed by atoms with Gasteiger partial charge in [-0.1, -0.05) is 30.3 Å². The molecule has 1 amide bonds. The van der Waals surface area contributed by atoms with E-state index >= 15 is 0 Å². The van der Waals surface area contributed by atoms with Crippen LogP contribution in [0.1, 0.15) is 33.6 Å². The van der Waals surface area contributed by atoms with E-state index in [9.17, 15) is 4.79 Å². The lowest BCUT2D eigenvalue weighted by Gasteiger charge is -2.15. The van der Waals surface area contributed by atoms with Crippen molar-refractivity contribution in [3.8, 4) is 0 Å². The molecule has 3 rings (SSSR count). The van der Waals surface area contributed by atoms with Crippen molar-refractivity contribution in [2.75, 3.05) is 6.54 Å². The van der Waals surface area contributed by atoms with Gasteiger partial charge in [-0.3, -0.25) is 10.2 Å². The van der Waals surface area contributed by atoms with Crippen molar-refractivity contribution in [1.82, 2.24) is 14.9 Å². The Kier molecular flexibility index (Phi) is 5.66. The Bertz CT molecular complexity index is 1020. The number of nitrogens with two attached hydrogens (primary N) is 1. The number of hydrogen-bond donors (Lipinski definition) is 3. The molecule has 0 fully saturated rings. The Morgan fingerprint density at radius 1 is 1.19 bits per heavy atom. The van der Waals surface area contributed by atoms with Crippen molar-refractivity contribution in [3.63, 3.8) is 0 Å². The number of benzene rings is 2. The number of carbonyl (C=O) groups excluding carboxylic acids is 1. The Morgan fingerprint density at radius 2 is 1.89 bits per heavy atom. The number of nitrogens with zero attached hydrogens (tertiary/aromatic N) is 2. The molecule has 0 aliphatic heterocycles. The minimum atomic E-state index is -0.670. The van der Waals surface area contributed by atoms with Gasteiger partial charge < -0.3 is 15.6 Å². The number of fused-ring (bicyclic) bond motifs is 1. The number of primary amides is 1. The van der Waals surface area contributed by atoms with Crippen LogP contribution in [0.15, 0.2) is 42.5 Å². The van der Waals surface area contributed by atoms with Crippen LogP contribution in [0.4, 0.5) is 0 Å². The zero-order chi connectivity index (χ0) is 19.4. The number of nitrogens with one attached hydrogen (secondary N) is 2. The van der Waals surface area contributed by atoms with E-state index in [-0.39, 0.29) is 11.2 Å². The second-order valence-electron chi connectivity index (χ2n) is 6.77. The summed E-state index contributed by atoms with van der Waals surface area (Å²) in [4.78, 5) is 16.0. The number of rotatable bonds is 7. The molecule has 0 saturated heterocycles. The van der Waals surface area contributed by atoms with Gasteiger partial charge in [-0.15, -0.1) is 0 Å². The summed E-state index contributed by atoms with van der Waals surface area (Å²) in [5.74, 6) is -0.670. The molecule has 0 saturated carbocycles. The van der Waals surface area contributed by atoms with Crippen LogP contribution in [0.25, 0.3) is 11.0 Å². The first kappa shape index (κ1) is 18.8. The molecule has 4 N–H and O–H groups in total. The van der Waals surface area contributed by atoms with Gasteiger partial charge >= 0.3 is 0 Å². The maximum absolute atomic E-state index is 11.7. The highest BCUT2D eigenvalue weighted by Gasteiger charge is 2.13. The van der Waals surface area contributed by atoms with E-state index in [2.05, 4.69) is 22.4 Å². The lowest BCUT2D eigenvalue weighted by molar-refractivity contribution is 0.0993. The van der Waals surface area contributed by atoms with Gasteiger partial charge in [-0.2, -0.15) is 0 Å². The topological polar surface area (TPSA) is 96.8 Å². The van der Waals surface area contributed by atoms with Gasteiger partial charge in [0.05, 0.1) is 11.0 Å². The van der Waals surface area contributed by atoms with Crippen LogP contribution in [0.3, 0.4) is 0 Å². The average molecular weight is 363 g/mol. The molecule has 27 heavy (non-hydrogen) atoms. The summed E-state index contributed by atoms with van der Waals surface area (Å²) in [7, 11) is 0. The van der Waals surface area contributed by atoms with Crippen molar-refractivity contribution in [1.29, 1.82) is 5.41 Å². The molecule has 0 aliphatic rings. The fraction of sp³-hybridized carbons (Fsp3) is 0.286. The van der Waals surface area contributed by atoms with E-state index in [1.165, 1.54) is 5.56 Å². The van der Waals surface area contributed by atoms with Gasteiger partial charge in [-0.05, 0) is 55.6 Å². The molecule has 0 radical (unpaired) electrons. The van der Waals surface area contributed by atoms with E-state index < -0.39 is 5.91 Å². The van der Waals surface area contributed by atoms with Crippen LogP contribution in [0.2, 0.25) is 0 Å². The number of aryl methyl sites for hydroxylation is 3. The zero-order valence-electron chi connectivity index (χ0n) is 15.7. The van der Waals surface area contributed by atoms with E-state index in [1.807, 2.05) is 48.7 Å². The number of hydrogen-bond acceptors (Lipinski definition) is 4. The molecule has 0 aliphatic carbocycles. The Labute approximate surface area is 158 Å². The Morgan fingerprint density at radius 3 is 2.59 bits per heavy atom. The molecular formula is C21H25N5O. The van der Waals surface area contributed by atoms with Gasteiger partial charge in [0.2, 0.25) is 0 Å². The highest BCUT2D eigenvalue weighted by Crippen LogP contribution is 2.17. The molecule has 0 atom stereocenters. The lowest BCUT2D eigenvalue weighted by Crippen LogP contribution is -2.32. The molecule has 3 aromatic rings. The van der Waals surface area contributed by atoms with Crippen LogP contribution in [-0.4, -0.2) is 22.0 Å². The normalized spacial score (nSPS) is 11.0. The molecule has 6 nitrogen and oxygen atoms in total. The number of carbonyl (C=O) groups is 1. The molecule has 0 spiro atoms. The van der Waals surface area contributed by atoms with Crippen LogP contribution >= 0.6 is 0 Å². The van der Waals surface area contributed by atoms with Crippen molar-refractivity contribution < 1.29 is 4.79 Å². The third-order valence-corrected chi connectivity index (χ3v) is 4.75. The van der Waals surface area contributed by atoms with E-state index in [0.29, 0.717) is 12.1 Å². The molecule has 1 aromatic heterocycles. The second kappa shape index (κ2) is 8.14. The summed E-state index contributed by atoms with van der Waals surface area (Å²) >= 11 is 0. The standard InChI is InChI=1S/C21H25N5O/c1-14-11-17-18(12-15(14)2)26(20(22)19(25-17)21(23)27)10-6-9-24-13-16-7-4-3-5-8-16/h3-5,7-8,11-12,22,24H,6,9-10,13H2,1-2H3,(H2,23,27). The first-order valence-electron chi connectivity index (χ1n) is 9.08. The van der Waals surface area contributed by atoms with E-state index in [4.69, 9.17) is 11.1 Å². The van der Waals surface area contributed by atoms with Crippen molar-refractivity contribution >= 4 is 16.9 Å². The van der Waals surface area contributed by atoms with Crippen molar-refractivity contribution in [2.45, 2.75) is 33.4 Å². The van der Waals surface area contributed by atoms with E-state index in [0.717, 1.165) is 36.2 Å². The smallest absolute Gasteiger partial charge is 0.271 e. The molecule has 140 valence electrons. The minimum absolute atomic E-state index is 0.0167. The van der Waals surface area contributed by atoms with E-state index in [1.54, 1.807) is 0 Å². The first-order valence-corrected chi connectivity index (χ1v) is 9.08. The third-order valence-electron chi connectivity index (χ3n) is 4.75. The molecule has 6 heteroatoms. The molecule has 0 bridgehead atoms. The van der Waals surface area contributed by atoms with Crippen molar-refractivity contribution in [3.05, 3.63) is 70.3 Å². The third kappa shape index (κ3) is 4.23. The largest absolute Gasteiger partial charge is 0.364 e. The summed E-state index contributed by atoms with van der Waals surface area (Å²) in [6.07, 6.45) is 0.827. The van der Waals surface area contributed by atoms with Gasteiger partial charge in [-0.25, -0.2) is 4.98 Å². The first-order chi connectivity index (χ1) is 13.0. The molecule has 0 unspecified atom stereocenters. The summed E-state index contributed by atoms with van der Waals surface area (Å²) in [6, 6.07) is 14.2. The number of aromatic nitrogens is 2. The Hall–Kier alpha value is -2.99. The molecule has 1 heterocycles. The summed E-state index contributed by atoms with van der Waals surface area (Å²) < 4.78 is 1.83. The highest BCUT2D eigenvalue weighted by atomic mass is 16.1. The summed E-state index contributed by atoms with van der Waals surface area (Å²) in [5, 5.41) is 11.8. The minimum Gasteiger partial charge on any atom is -0.364 e. The Balaban J connectivity index is 1.79.